The Labute approximate surface area is 120 Å². The maximum Gasteiger partial charge on any atom is 1.00 e. The average molecular weight is 301 g/mol. The molecule has 0 saturated carbocycles. The molecule has 0 aromatic heterocycles. The summed E-state index contributed by atoms with van der Waals surface area (Å²) in [5, 5.41) is 0. The van der Waals surface area contributed by atoms with Gasteiger partial charge in [-0.1, -0.05) is 15.9 Å². The van der Waals surface area contributed by atoms with E-state index in [2.05, 4.69) is 20.7 Å². The summed E-state index contributed by atoms with van der Waals surface area (Å²) in [5.41, 5.74) is 0.0315. The molecule has 15 heavy (non-hydrogen) atoms. The van der Waals surface area contributed by atoms with E-state index in [1.54, 1.807) is 6.07 Å². The number of rotatable bonds is 2. The van der Waals surface area contributed by atoms with Gasteiger partial charge in [-0.05, 0) is 29.3 Å². The Kier molecular flexibility index (Phi) is 6.90. The van der Waals surface area contributed by atoms with E-state index in [0.29, 0.717) is 4.47 Å². The Morgan fingerprint density at radius 3 is 2.60 bits per heavy atom. The summed E-state index contributed by atoms with van der Waals surface area (Å²) < 4.78 is 26.6. The van der Waals surface area contributed by atoms with E-state index in [-0.39, 0.29) is 40.0 Å². The van der Waals surface area contributed by atoms with Gasteiger partial charge in [-0.3, -0.25) is 4.21 Å². The molecule has 76 valence electrons. The average Bonchev–Trinajstić information content (AvgIpc) is 2.16. The van der Waals surface area contributed by atoms with E-state index in [4.69, 9.17) is 0 Å². The van der Waals surface area contributed by atoms with Crippen molar-refractivity contribution < 1.29 is 47.9 Å². The zero-order chi connectivity index (χ0) is 10.7. The molecule has 0 N–H and O–H groups in total. The zero-order valence-corrected chi connectivity index (χ0v) is 12.6. The predicted molar refractivity (Wildman–Crippen MR) is 52.7 cm³/mol. The molecule has 1 rings (SSSR count). The van der Waals surface area contributed by atoms with Crippen LogP contribution in [0.5, 0.6) is 0 Å². The normalized spacial score (nSPS) is 11.4. The second-order valence-corrected chi connectivity index (χ2v) is 4.19. The van der Waals surface area contributed by atoms with Crippen LogP contribution in [-0.2, 0) is 15.8 Å². The Morgan fingerprint density at radius 2 is 2.13 bits per heavy atom. The molecule has 0 bridgehead atoms. The third-order valence-electron chi connectivity index (χ3n) is 1.53. The monoisotopic (exact) mass is 300 g/mol. The fourth-order valence-electron chi connectivity index (χ4n) is 0.913. The number of ether oxygens (including phenoxy) is 1. The van der Waals surface area contributed by atoms with Crippen molar-refractivity contribution in [1.82, 2.24) is 0 Å². The molecule has 1 unspecified atom stereocenters. The number of hydrogen-bond acceptors (Lipinski definition) is 4. The molecule has 1 aromatic rings. The summed E-state index contributed by atoms with van der Waals surface area (Å²) in [4.78, 5) is 11.1. The van der Waals surface area contributed by atoms with Gasteiger partial charge in [0.15, 0.2) is 0 Å². The minimum atomic E-state index is -2.45. The molecule has 0 amide bonds. The molecule has 0 heterocycles. The summed E-state index contributed by atoms with van der Waals surface area (Å²) in [6.07, 6.45) is 0. The summed E-state index contributed by atoms with van der Waals surface area (Å²) >= 11 is 0.656. The number of halogens is 1. The Morgan fingerprint density at radius 1 is 1.53 bits per heavy atom. The van der Waals surface area contributed by atoms with Crippen molar-refractivity contribution in [1.29, 1.82) is 0 Å². The van der Waals surface area contributed by atoms with Crippen molar-refractivity contribution in [3.8, 4) is 0 Å². The number of methoxy groups -OCH3 is 1. The van der Waals surface area contributed by atoms with Crippen molar-refractivity contribution in [2.45, 2.75) is 4.90 Å². The molecule has 7 heteroatoms. The van der Waals surface area contributed by atoms with Crippen LogP contribution < -0.4 is 29.6 Å². The van der Waals surface area contributed by atoms with Gasteiger partial charge in [-0.2, -0.15) is 0 Å². The molecule has 1 aromatic carbocycles. The van der Waals surface area contributed by atoms with Crippen LogP contribution in [0.2, 0.25) is 0 Å². The Bertz CT molecular complexity index is 396. The zero-order valence-electron chi connectivity index (χ0n) is 8.15. The molecule has 0 saturated heterocycles. The smallest absolute Gasteiger partial charge is 0.768 e. The second kappa shape index (κ2) is 6.78. The van der Waals surface area contributed by atoms with Gasteiger partial charge < -0.3 is 9.29 Å². The van der Waals surface area contributed by atoms with Crippen molar-refractivity contribution in [3.05, 3.63) is 28.2 Å². The van der Waals surface area contributed by atoms with Crippen molar-refractivity contribution in [2.75, 3.05) is 7.11 Å². The van der Waals surface area contributed by atoms with Crippen LogP contribution in [0.3, 0.4) is 0 Å². The molecular formula is C8H6BrNaO4S. The third kappa shape index (κ3) is 3.97. The standard InChI is InChI=1S/C8H7BrO4S.Na/c1-13-8(10)6-3-2-5(9)4-7(6)14(11)12;/h2-4H,1H3,(H,11,12);/q;+1/p-1. The number of carbonyl (C=O) groups is 1. The Balaban J connectivity index is 0.00000196. The Hall–Kier alpha value is 0.280. The van der Waals surface area contributed by atoms with Gasteiger partial charge in [0.05, 0.1) is 12.7 Å². The minimum absolute atomic E-state index is 0. The summed E-state index contributed by atoms with van der Waals surface area (Å²) in [6, 6.07) is 4.30. The van der Waals surface area contributed by atoms with Crippen LogP contribution in [0.15, 0.2) is 27.6 Å². The first-order valence-electron chi connectivity index (χ1n) is 3.53. The topological polar surface area (TPSA) is 66.4 Å². The maximum absolute atomic E-state index is 11.1. The molecule has 1 atom stereocenters. The number of hydrogen-bond donors (Lipinski definition) is 0. The number of carbonyl (C=O) groups excluding carboxylic acids is 1. The van der Waals surface area contributed by atoms with E-state index in [1.807, 2.05) is 0 Å². The number of benzene rings is 1. The van der Waals surface area contributed by atoms with E-state index in [9.17, 15) is 13.6 Å². The molecule has 0 aliphatic heterocycles. The van der Waals surface area contributed by atoms with Crippen molar-refractivity contribution in [2.24, 2.45) is 0 Å². The minimum Gasteiger partial charge on any atom is -0.768 e. The van der Waals surface area contributed by atoms with Crippen LogP contribution in [0.4, 0.5) is 0 Å². The van der Waals surface area contributed by atoms with Crippen molar-refractivity contribution >= 4 is 33.0 Å². The molecule has 4 nitrogen and oxygen atoms in total. The molecule has 0 aliphatic carbocycles. The first kappa shape index (κ1) is 15.3. The molecule has 0 fully saturated rings. The molecular weight excluding hydrogens is 295 g/mol. The van der Waals surface area contributed by atoms with Gasteiger partial charge in [0.2, 0.25) is 0 Å². The van der Waals surface area contributed by atoms with E-state index < -0.39 is 17.0 Å². The summed E-state index contributed by atoms with van der Waals surface area (Å²) in [5.74, 6) is -0.670. The van der Waals surface area contributed by atoms with Gasteiger partial charge in [0.25, 0.3) is 0 Å². The van der Waals surface area contributed by atoms with Gasteiger partial charge in [0.1, 0.15) is 0 Å². The predicted octanol–water partition coefficient (Wildman–Crippen LogP) is -1.52. The number of esters is 1. The fraction of sp³-hybridized carbons (Fsp3) is 0.125. The van der Waals surface area contributed by atoms with E-state index in [0.717, 1.165) is 0 Å². The second-order valence-electron chi connectivity index (χ2n) is 2.37. The molecule has 0 aliphatic rings. The van der Waals surface area contributed by atoms with E-state index in [1.165, 1.54) is 19.2 Å². The molecule has 0 spiro atoms. The maximum atomic E-state index is 11.1. The van der Waals surface area contributed by atoms with Crippen LogP contribution in [-0.4, -0.2) is 21.8 Å². The van der Waals surface area contributed by atoms with Gasteiger partial charge in [-0.25, -0.2) is 4.79 Å². The van der Waals surface area contributed by atoms with Crippen LogP contribution in [0, 0.1) is 0 Å². The van der Waals surface area contributed by atoms with Crippen LogP contribution in [0.25, 0.3) is 0 Å². The fourth-order valence-corrected chi connectivity index (χ4v) is 1.98. The summed E-state index contributed by atoms with van der Waals surface area (Å²) in [6.45, 7) is 0. The van der Waals surface area contributed by atoms with Crippen molar-refractivity contribution in [3.63, 3.8) is 0 Å². The quantitative estimate of drug-likeness (QED) is 0.378. The van der Waals surface area contributed by atoms with Crippen LogP contribution >= 0.6 is 15.9 Å². The van der Waals surface area contributed by atoms with Crippen LogP contribution in [0.1, 0.15) is 10.4 Å². The van der Waals surface area contributed by atoms with Gasteiger partial charge in [-0.15, -0.1) is 0 Å². The largest absolute Gasteiger partial charge is 1.00 e. The molecule has 0 radical (unpaired) electrons. The third-order valence-corrected chi connectivity index (χ3v) is 2.72. The van der Waals surface area contributed by atoms with E-state index >= 15 is 0 Å². The SMILES string of the molecule is COC(=O)c1ccc(Br)cc1S(=O)[O-].[Na+]. The first-order valence-corrected chi connectivity index (χ1v) is 5.40. The van der Waals surface area contributed by atoms with Gasteiger partial charge >= 0.3 is 35.5 Å². The first-order chi connectivity index (χ1) is 6.56. The van der Waals surface area contributed by atoms with Gasteiger partial charge in [0, 0.05) is 9.37 Å². The summed E-state index contributed by atoms with van der Waals surface area (Å²) in [7, 11) is 1.20.